The Bertz CT molecular complexity index is 602. The summed E-state index contributed by atoms with van der Waals surface area (Å²) in [5.41, 5.74) is 1.22. The van der Waals surface area contributed by atoms with Crippen LogP contribution in [0.4, 0.5) is 0 Å². The number of nitrogens with zero attached hydrogens (tertiary/aromatic N) is 1. The zero-order valence-electron chi connectivity index (χ0n) is 14.8. The Balaban J connectivity index is 1.42. The van der Waals surface area contributed by atoms with Crippen LogP contribution in [0, 0.1) is 5.92 Å². The Morgan fingerprint density at radius 1 is 1.24 bits per heavy atom. The highest BCUT2D eigenvalue weighted by Gasteiger charge is 2.19. The number of rotatable bonds is 5. The van der Waals surface area contributed by atoms with Crippen LogP contribution in [0.15, 0.2) is 24.3 Å². The molecule has 5 nitrogen and oxygen atoms in total. The smallest absolute Gasteiger partial charge is 0.222 e. The van der Waals surface area contributed by atoms with E-state index in [2.05, 4.69) is 11.4 Å². The van der Waals surface area contributed by atoms with Crippen LogP contribution in [-0.2, 0) is 16.0 Å². The quantitative estimate of drug-likeness (QED) is 0.893. The minimum absolute atomic E-state index is 0.0375. The number of hydrogen-bond donors (Lipinski definition) is 1. The van der Waals surface area contributed by atoms with Crippen molar-refractivity contribution in [2.75, 3.05) is 26.2 Å². The van der Waals surface area contributed by atoms with Gasteiger partial charge >= 0.3 is 0 Å². The minimum atomic E-state index is 0.0375. The van der Waals surface area contributed by atoms with Crippen LogP contribution in [-0.4, -0.2) is 43.0 Å². The molecule has 3 rings (SSSR count). The fourth-order valence-corrected chi connectivity index (χ4v) is 3.59. The van der Waals surface area contributed by atoms with Crippen LogP contribution in [0.1, 0.15) is 44.1 Å². The number of carbonyl (C=O) groups is 2. The molecule has 0 saturated carbocycles. The number of carbonyl (C=O) groups excluding carboxylic acids is 2. The molecule has 1 aromatic carbocycles. The van der Waals surface area contributed by atoms with E-state index in [1.807, 2.05) is 23.1 Å². The van der Waals surface area contributed by atoms with Gasteiger partial charge in [-0.3, -0.25) is 9.59 Å². The van der Waals surface area contributed by atoms with Crippen LogP contribution in [0.25, 0.3) is 0 Å². The molecule has 1 unspecified atom stereocenters. The molecule has 25 heavy (non-hydrogen) atoms. The Morgan fingerprint density at radius 3 is 3.04 bits per heavy atom. The fraction of sp³-hybridized carbons (Fsp3) is 0.600. The van der Waals surface area contributed by atoms with Gasteiger partial charge in [0.2, 0.25) is 11.8 Å². The summed E-state index contributed by atoms with van der Waals surface area (Å²) in [6.07, 6.45) is 6.04. The second kappa shape index (κ2) is 8.88. The molecule has 1 saturated heterocycles. The molecule has 0 spiro atoms. The van der Waals surface area contributed by atoms with Gasteiger partial charge in [0.15, 0.2) is 0 Å². The van der Waals surface area contributed by atoms with Crippen LogP contribution >= 0.6 is 0 Å². The van der Waals surface area contributed by atoms with Gasteiger partial charge in [-0.1, -0.05) is 24.6 Å². The van der Waals surface area contributed by atoms with Crippen molar-refractivity contribution in [3.05, 3.63) is 29.8 Å². The maximum absolute atomic E-state index is 12.2. The van der Waals surface area contributed by atoms with E-state index in [-0.39, 0.29) is 11.8 Å². The van der Waals surface area contributed by atoms with Crippen LogP contribution in [0.3, 0.4) is 0 Å². The van der Waals surface area contributed by atoms with Crippen molar-refractivity contribution in [2.24, 2.45) is 5.92 Å². The zero-order chi connectivity index (χ0) is 17.5. The molecule has 2 amide bonds. The van der Waals surface area contributed by atoms with Gasteiger partial charge in [-0.25, -0.2) is 0 Å². The highest BCUT2D eigenvalue weighted by molar-refractivity contribution is 5.79. The number of hydrogen-bond acceptors (Lipinski definition) is 3. The molecule has 2 aliphatic heterocycles. The van der Waals surface area contributed by atoms with Gasteiger partial charge in [0.25, 0.3) is 0 Å². The first-order chi connectivity index (χ1) is 12.2. The van der Waals surface area contributed by atoms with E-state index in [9.17, 15) is 9.59 Å². The zero-order valence-corrected chi connectivity index (χ0v) is 14.8. The Morgan fingerprint density at radius 2 is 2.12 bits per heavy atom. The molecule has 0 radical (unpaired) electrons. The lowest BCUT2D eigenvalue weighted by Gasteiger charge is -2.20. The van der Waals surface area contributed by atoms with Crippen molar-refractivity contribution in [1.29, 1.82) is 0 Å². The van der Waals surface area contributed by atoms with E-state index >= 15 is 0 Å². The molecule has 136 valence electrons. The Hall–Kier alpha value is -2.04. The first-order valence-corrected chi connectivity index (χ1v) is 9.47. The molecule has 0 aromatic heterocycles. The number of para-hydroxylation sites is 1. The molecule has 2 aliphatic rings. The van der Waals surface area contributed by atoms with Gasteiger partial charge < -0.3 is 15.0 Å². The third-order valence-electron chi connectivity index (χ3n) is 5.13. The van der Waals surface area contributed by atoms with Crippen LogP contribution < -0.4 is 10.1 Å². The van der Waals surface area contributed by atoms with Gasteiger partial charge in [0.05, 0.1) is 6.61 Å². The first kappa shape index (κ1) is 17.8. The summed E-state index contributed by atoms with van der Waals surface area (Å²) in [4.78, 5) is 26.0. The highest BCUT2D eigenvalue weighted by atomic mass is 16.5. The molecule has 5 heteroatoms. The number of benzene rings is 1. The minimum Gasteiger partial charge on any atom is -0.493 e. The van der Waals surface area contributed by atoms with Crippen molar-refractivity contribution in [3.8, 4) is 5.75 Å². The van der Waals surface area contributed by atoms with E-state index in [0.717, 1.165) is 44.4 Å². The third kappa shape index (κ3) is 5.21. The van der Waals surface area contributed by atoms with E-state index in [0.29, 0.717) is 38.5 Å². The summed E-state index contributed by atoms with van der Waals surface area (Å²) in [6, 6.07) is 8.13. The molecule has 2 heterocycles. The maximum atomic E-state index is 12.2. The predicted octanol–water partition coefficient (Wildman–Crippen LogP) is 2.54. The largest absolute Gasteiger partial charge is 0.493 e. The van der Waals surface area contributed by atoms with Crippen molar-refractivity contribution < 1.29 is 14.3 Å². The molecular weight excluding hydrogens is 316 g/mol. The van der Waals surface area contributed by atoms with Gasteiger partial charge in [-0.15, -0.1) is 0 Å². The number of likely N-dealkylation sites (tertiary alicyclic amines) is 1. The van der Waals surface area contributed by atoms with Gasteiger partial charge in [0.1, 0.15) is 5.75 Å². The molecule has 1 atom stereocenters. The summed E-state index contributed by atoms with van der Waals surface area (Å²) >= 11 is 0. The third-order valence-corrected chi connectivity index (χ3v) is 5.13. The first-order valence-electron chi connectivity index (χ1n) is 9.47. The van der Waals surface area contributed by atoms with Crippen LogP contribution in [0.5, 0.6) is 5.75 Å². The van der Waals surface area contributed by atoms with Gasteiger partial charge in [-0.2, -0.15) is 0 Å². The average Bonchev–Trinajstić information content (AvgIpc) is 2.95. The fourth-order valence-electron chi connectivity index (χ4n) is 3.59. The lowest BCUT2D eigenvalue weighted by Crippen LogP contribution is -2.36. The highest BCUT2D eigenvalue weighted by Crippen LogP contribution is 2.26. The Labute approximate surface area is 149 Å². The predicted molar refractivity (Wildman–Crippen MR) is 96.4 cm³/mol. The van der Waals surface area contributed by atoms with E-state index in [4.69, 9.17) is 4.74 Å². The van der Waals surface area contributed by atoms with E-state index in [1.165, 1.54) is 5.56 Å². The molecule has 0 aliphatic carbocycles. The van der Waals surface area contributed by atoms with Gasteiger partial charge in [0, 0.05) is 32.5 Å². The van der Waals surface area contributed by atoms with E-state index < -0.39 is 0 Å². The van der Waals surface area contributed by atoms with Crippen molar-refractivity contribution >= 4 is 11.8 Å². The molecule has 0 bridgehead atoms. The average molecular weight is 344 g/mol. The van der Waals surface area contributed by atoms with Crippen molar-refractivity contribution in [1.82, 2.24) is 10.2 Å². The molecule has 1 fully saturated rings. The number of fused-ring (bicyclic) bond motifs is 1. The maximum Gasteiger partial charge on any atom is 0.222 e. The van der Waals surface area contributed by atoms with Gasteiger partial charge in [-0.05, 0) is 43.2 Å². The summed E-state index contributed by atoms with van der Waals surface area (Å²) in [5.74, 6) is 1.60. The standard InChI is InChI=1S/C20H28N2O3/c23-19(9-12-22-11-5-1-2-8-20(22)24)21-15-16-10-13-25-18-7-4-3-6-17(18)14-16/h3-4,6-7,16H,1-2,5,8-15H2,(H,21,23). The SMILES string of the molecule is O=C(CCN1CCCCCC1=O)NCC1CCOc2ccccc2C1. The number of nitrogens with one attached hydrogen (secondary N) is 1. The normalized spacial score (nSPS) is 20.9. The molecule has 1 aromatic rings. The molecular formula is C20H28N2O3. The topological polar surface area (TPSA) is 58.6 Å². The second-order valence-electron chi connectivity index (χ2n) is 7.06. The lowest BCUT2D eigenvalue weighted by atomic mass is 9.97. The van der Waals surface area contributed by atoms with Crippen LogP contribution in [0.2, 0.25) is 0 Å². The summed E-state index contributed by atoms with van der Waals surface area (Å²) in [6.45, 7) is 2.70. The monoisotopic (exact) mass is 344 g/mol. The summed E-state index contributed by atoms with van der Waals surface area (Å²) in [7, 11) is 0. The molecule has 1 N–H and O–H groups in total. The number of amides is 2. The van der Waals surface area contributed by atoms with E-state index in [1.54, 1.807) is 0 Å². The van der Waals surface area contributed by atoms with Crippen molar-refractivity contribution in [3.63, 3.8) is 0 Å². The van der Waals surface area contributed by atoms with Crippen molar-refractivity contribution in [2.45, 2.75) is 44.9 Å². The number of ether oxygens (including phenoxy) is 1. The second-order valence-corrected chi connectivity index (χ2v) is 7.06. The summed E-state index contributed by atoms with van der Waals surface area (Å²) in [5, 5.41) is 3.05. The summed E-state index contributed by atoms with van der Waals surface area (Å²) < 4.78 is 5.78. The lowest BCUT2D eigenvalue weighted by molar-refractivity contribution is -0.131. The Kier molecular flexibility index (Phi) is 6.31.